The van der Waals surface area contributed by atoms with Gasteiger partial charge in [-0.2, -0.15) is 0 Å². The van der Waals surface area contributed by atoms with Crippen molar-refractivity contribution in [3.8, 4) is 0 Å². The second kappa shape index (κ2) is 5.97. The zero-order valence-electron chi connectivity index (χ0n) is 11.0. The second-order valence-corrected chi connectivity index (χ2v) is 4.75. The van der Waals surface area contributed by atoms with E-state index in [0.29, 0.717) is 24.3 Å². The molecule has 6 nitrogen and oxygen atoms in total. The van der Waals surface area contributed by atoms with E-state index in [1.165, 1.54) is 0 Å². The summed E-state index contributed by atoms with van der Waals surface area (Å²) in [4.78, 5) is 10.9. The van der Waals surface area contributed by atoms with Gasteiger partial charge in [-0.3, -0.25) is 0 Å². The minimum Gasteiger partial charge on any atom is -0.384 e. The van der Waals surface area contributed by atoms with Crippen LogP contribution in [0, 0.1) is 0 Å². The summed E-state index contributed by atoms with van der Waals surface area (Å²) in [6.07, 6.45) is 2.25. The molecule has 1 aromatic heterocycles. The van der Waals surface area contributed by atoms with Crippen molar-refractivity contribution < 1.29 is 4.74 Å². The first kappa shape index (κ1) is 13.0. The van der Waals surface area contributed by atoms with Gasteiger partial charge >= 0.3 is 0 Å². The molecule has 0 aliphatic carbocycles. The second-order valence-electron chi connectivity index (χ2n) is 4.75. The van der Waals surface area contributed by atoms with E-state index in [1.807, 2.05) is 0 Å². The van der Waals surface area contributed by atoms with E-state index in [0.717, 1.165) is 31.7 Å². The smallest absolute Gasteiger partial charge is 0.158 e. The molecular weight excluding hydrogens is 230 g/mol. The van der Waals surface area contributed by atoms with Gasteiger partial charge in [0.2, 0.25) is 0 Å². The average Bonchev–Trinajstić information content (AvgIpc) is 2.32. The fraction of sp³-hybridized carbons (Fsp3) is 0.667. The number of ether oxygens (including phenoxy) is 1. The number of aromatic nitrogens is 2. The van der Waals surface area contributed by atoms with Crippen molar-refractivity contribution in [2.75, 3.05) is 38.3 Å². The van der Waals surface area contributed by atoms with Crippen molar-refractivity contribution in [2.24, 2.45) is 0 Å². The van der Waals surface area contributed by atoms with Gasteiger partial charge in [0.25, 0.3) is 0 Å². The minimum atomic E-state index is 0.382. The molecule has 1 aliphatic heterocycles. The van der Waals surface area contributed by atoms with Crippen LogP contribution in [0.3, 0.4) is 0 Å². The number of methoxy groups -OCH3 is 1. The zero-order valence-corrected chi connectivity index (χ0v) is 11.0. The monoisotopic (exact) mass is 251 g/mol. The van der Waals surface area contributed by atoms with Crippen LogP contribution >= 0.6 is 0 Å². The summed E-state index contributed by atoms with van der Waals surface area (Å²) < 4.78 is 5.03. The predicted octanol–water partition coefficient (Wildman–Crippen LogP) is 0.711. The van der Waals surface area contributed by atoms with E-state index in [-0.39, 0.29) is 0 Å². The Kier molecular flexibility index (Phi) is 4.33. The maximum Gasteiger partial charge on any atom is 0.158 e. The highest BCUT2D eigenvalue weighted by atomic mass is 16.5. The molecule has 0 amide bonds. The molecule has 1 aromatic rings. The van der Waals surface area contributed by atoms with Crippen molar-refractivity contribution >= 4 is 11.6 Å². The molecule has 0 radical (unpaired) electrons. The number of anilines is 2. The van der Waals surface area contributed by atoms with Crippen LogP contribution in [-0.4, -0.2) is 48.2 Å². The minimum absolute atomic E-state index is 0.382. The zero-order chi connectivity index (χ0) is 13.0. The summed E-state index contributed by atoms with van der Waals surface area (Å²) in [5.41, 5.74) is 5.76. The van der Waals surface area contributed by atoms with Crippen LogP contribution in [-0.2, 0) is 11.3 Å². The van der Waals surface area contributed by atoms with Crippen LogP contribution in [0.4, 0.5) is 11.6 Å². The van der Waals surface area contributed by atoms with E-state index in [1.54, 1.807) is 13.2 Å². The summed E-state index contributed by atoms with van der Waals surface area (Å²) in [6.45, 7) is 2.61. The molecular formula is C12H21N5O. The lowest BCUT2D eigenvalue weighted by Gasteiger charge is -2.29. The van der Waals surface area contributed by atoms with Crippen LogP contribution in [0.5, 0.6) is 0 Å². The molecule has 1 fully saturated rings. The molecule has 0 bridgehead atoms. The fourth-order valence-corrected chi connectivity index (χ4v) is 2.15. The highest BCUT2D eigenvalue weighted by Crippen LogP contribution is 2.16. The van der Waals surface area contributed by atoms with E-state index < -0.39 is 0 Å². The first-order valence-electron chi connectivity index (χ1n) is 6.25. The number of nitrogens with two attached hydrogens (primary N) is 1. The van der Waals surface area contributed by atoms with Gasteiger partial charge in [0.1, 0.15) is 18.2 Å². The Morgan fingerprint density at radius 2 is 2.17 bits per heavy atom. The average molecular weight is 251 g/mol. The Balaban J connectivity index is 2.00. The Morgan fingerprint density at radius 3 is 2.83 bits per heavy atom. The number of hydrogen-bond donors (Lipinski definition) is 2. The summed E-state index contributed by atoms with van der Waals surface area (Å²) in [6, 6.07) is 2.24. The normalized spacial score (nSPS) is 17.9. The van der Waals surface area contributed by atoms with Crippen LogP contribution in [0.1, 0.15) is 18.7 Å². The van der Waals surface area contributed by atoms with Gasteiger partial charge in [-0.25, -0.2) is 9.97 Å². The number of nitrogens with one attached hydrogen (secondary N) is 1. The van der Waals surface area contributed by atoms with Gasteiger partial charge in [-0.15, -0.1) is 0 Å². The number of likely N-dealkylation sites (tertiary alicyclic amines) is 1. The molecule has 6 heteroatoms. The van der Waals surface area contributed by atoms with Crippen molar-refractivity contribution in [3.05, 3.63) is 11.9 Å². The molecule has 0 unspecified atom stereocenters. The molecule has 0 saturated carbocycles. The molecule has 100 valence electrons. The highest BCUT2D eigenvalue weighted by molar-refractivity contribution is 5.45. The fourth-order valence-electron chi connectivity index (χ4n) is 2.15. The lowest BCUT2D eigenvalue weighted by molar-refractivity contribution is 0.178. The SMILES string of the molecule is COCc1nc(N)cc(NC2CCN(C)CC2)n1. The van der Waals surface area contributed by atoms with Crippen LogP contribution < -0.4 is 11.1 Å². The van der Waals surface area contributed by atoms with Crippen LogP contribution in [0.15, 0.2) is 6.07 Å². The third kappa shape index (κ3) is 3.54. The van der Waals surface area contributed by atoms with Gasteiger partial charge < -0.3 is 20.7 Å². The first-order chi connectivity index (χ1) is 8.67. The summed E-state index contributed by atoms with van der Waals surface area (Å²) in [7, 11) is 3.77. The Bertz CT molecular complexity index is 390. The number of nitrogen functional groups attached to an aromatic ring is 1. The van der Waals surface area contributed by atoms with Crippen molar-refractivity contribution in [3.63, 3.8) is 0 Å². The Morgan fingerprint density at radius 1 is 1.44 bits per heavy atom. The third-order valence-electron chi connectivity index (χ3n) is 3.14. The molecule has 18 heavy (non-hydrogen) atoms. The van der Waals surface area contributed by atoms with E-state index in [9.17, 15) is 0 Å². The number of hydrogen-bond acceptors (Lipinski definition) is 6. The maximum absolute atomic E-state index is 5.76. The van der Waals surface area contributed by atoms with E-state index in [4.69, 9.17) is 10.5 Å². The molecule has 0 spiro atoms. The molecule has 0 atom stereocenters. The van der Waals surface area contributed by atoms with Gasteiger partial charge in [-0.1, -0.05) is 0 Å². The topological polar surface area (TPSA) is 76.3 Å². The Hall–Kier alpha value is -1.40. The van der Waals surface area contributed by atoms with Crippen LogP contribution in [0.2, 0.25) is 0 Å². The Labute approximate surface area is 108 Å². The summed E-state index contributed by atoms with van der Waals surface area (Å²) >= 11 is 0. The molecule has 3 N–H and O–H groups in total. The number of rotatable bonds is 4. The van der Waals surface area contributed by atoms with Gasteiger partial charge in [0.05, 0.1) is 0 Å². The van der Waals surface area contributed by atoms with Crippen molar-refractivity contribution in [1.82, 2.24) is 14.9 Å². The largest absolute Gasteiger partial charge is 0.384 e. The first-order valence-corrected chi connectivity index (χ1v) is 6.25. The molecule has 2 heterocycles. The number of nitrogens with zero attached hydrogens (tertiary/aromatic N) is 3. The standard InChI is InChI=1S/C12H21N5O/c1-17-5-3-9(4-6-17)14-11-7-10(13)15-12(16-11)8-18-2/h7,9H,3-6,8H2,1-2H3,(H3,13,14,15,16). The van der Waals surface area contributed by atoms with Gasteiger partial charge in [-0.05, 0) is 33.0 Å². The molecule has 1 aliphatic rings. The maximum atomic E-state index is 5.76. The third-order valence-corrected chi connectivity index (χ3v) is 3.14. The summed E-state index contributed by atoms with van der Waals surface area (Å²) in [5.74, 6) is 1.89. The van der Waals surface area contributed by atoms with Crippen molar-refractivity contribution in [1.29, 1.82) is 0 Å². The quantitative estimate of drug-likeness (QED) is 0.821. The summed E-state index contributed by atoms with van der Waals surface area (Å²) in [5, 5.41) is 3.43. The van der Waals surface area contributed by atoms with Gasteiger partial charge in [0.15, 0.2) is 5.82 Å². The lowest BCUT2D eigenvalue weighted by atomic mass is 10.1. The molecule has 1 saturated heterocycles. The highest BCUT2D eigenvalue weighted by Gasteiger charge is 2.17. The number of piperidine rings is 1. The van der Waals surface area contributed by atoms with Gasteiger partial charge in [0, 0.05) is 19.2 Å². The molecule has 0 aromatic carbocycles. The molecule has 2 rings (SSSR count). The lowest BCUT2D eigenvalue weighted by Crippen LogP contribution is -2.37. The van der Waals surface area contributed by atoms with E-state index in [2.05, 4.69) is 27.2 Å². The van der Waals surface area contributed by atoms with Crippen LogP contribution in [0.25, 0.3) is 0 Å². The predicted molar refractivity (Wildman–Crippen MR) is 71.3 cm³/mol. The van der Waals surface area contributed by atoms with E-state index >= 15 is 0 Å². The van der Waals surface area contributed by atoms with Crippen molar-refractivity contribution in [2.45, 2.75) is 25.5 Å².